The lowest BCUT2D eigenvalue weighted by molar-refractivity contribution is -0.131. The summed E-state index contributed by atoms with van der Waals surface area (Å²) in [5.74, 6) is 0.987. The Kier molecular flexibility index (Phi) is 5.58. The molecule has 2 aromatic rings. The molecule has 1 N–H and O–H groups in total. The summed E-state index contributed by atoms with van der Waals surface area (Å²) in [6.45, 7) is 7.53. The molecule has 2 atom stereocenters. The molecule has 1 spiro atoms. The van der Waals surface area contributed by atoms with Gasteiger partial charge in [0.2, 0.25) is 5.91 Å². The summed E-state index contributed by atoms with van der Waals surface area (Å²) >= 11 is 0. The zero-order valence-electron chi connectivity index (χ0n) is 18.3. The molecule has 0 aromatic heterocycles. The number of hydrogen-bond donors (Lipinski definition) is 1. The van der Waals surface area contributed by atoms with E-state index >= 15 is 4.39 Å². The average molecular weight is 411 g/mol. The van der Waals surface area contributed by atoms with Crippen molar-refractivity contribution in [2.24, 2.45) is 5.92 Å². The number of nitrogens with one attached hydrogen (secondary N) is 1. The SMILES string of the molecule is Cc1ccc(OCC(C)C)c(-c2cccc([C@@H]3CC[C@]4(CCN(C)C4=O)N3)c2F)c1. The minimum Gasteiger partial charge on any atom is -0.493 e. The number of benzene rings is 2. The lowest BCUT2D eigenvalue weighted by Gasteiger charge is -2.24. The summed E-state index contributed by atoms with van der Waals surface area (Å²) in [4.78, 5) is 14.4. The highest BCUT2D eigenvalue weighted by molar-refractivity contribution is 5.88. The number of carbonyl (C=O) groups is 1. The molecule has 2 aromatic carbocycles. The lowest BCUT2D eigenvalue weighted by Crippen LogP contribution is -2.47. The van der Waals surface area contributed by atoms with Gasteiger partial charge >= 0.3 is 0 Å². The number of likely N-dealkylation sites (tertiary alicyclic amines) is 1. The number of amides is 1. The summed E-state index contributed by atoms with van der Waals surface area (Å²) in [5, 5.41) is 3.49. The standard InChI is InChI=1S/C25H31FN2O2/c1-16(2)15-30-22-9-8-17(3)14-20(22)18-6-5-7-19(23(18)26)21-10-11-25(27-21)12-13-28(4)24(25)29/h5-9,14,16,21,27H,10-13,15H2,1-4H3/t21-,25+/m0/s1. The first-order valence-corrected chi connectivity index (χ1v) is 10.9. The monoisotopic (exact) mass is 410 g/mol. The van der Waals surface area contributed by atoms with Gasteiger partial charge in [0.15, 0.2) is 0 Å². The molecule has 0 unspecified atom stereocenters. The van der Waals surface area contributed by atoms with Crippen LogP contribution in [0.25, 0.3) is 11.1 Å². The van der Waals surface area contributed by atoms with Gasteiger partial charge in [0.1, 0.15) is 17.1 Å². The van der Waals surface area contributed by atoms with Crippen LogP contribution in [0, 0.1) is 18.7 Å². The van der Waals surface area contributed by atoms with E-state index in [-0.39, 0.29) is 17.8 Å². The molecule has 4 nitrogen and oxygen atoms in total. The molecule has 0 bridgehead atoms. The van der Waals surface area contributed by atoms with Crippen molar-refractivity contribution < 1.29 is 13.9 Å². The van der Waals surface area contributed by atoms with Crippen LogP contribution in [0.5, 0.6) is 5.75 Å². The summed E-state index contributed by atoms with van der Waals surface area (Å²) in [7, 11) is 1.84. The van der Waals surface area contributed by atoms with Crippen LogP contribution in [-0.4, -0.2) is 36.5 Å². The minimum atomic E-state index is -0.531. The zero-order valence-corrected chi connectivity index (χ0v) is 18.3. The molecule has 160 valence electrons. The van der Waals surface area contributed by atoms with Crippen LogP contribution < -0.4 is 10.1 Å². The fourth-order valence-electron chi connectivity index (χ4n) is 4.66. The van der Waals surface area contributed by atoms with Gasteiger partial charge in [-0.2, -0.15) is 0 Å². The molecule has 0 radical (unpaired) electrons. The Labute approximate surface area is 178 Å². The molecule has 0 saturated carbocycles. The smallest absolute Gasteiger partial charge is 0.242 e. The first kappa shape index (κ1) is 20.9. The average Bonchev–Trinajstić information content (AvgIpc) is 3.27. The highest BCUT2D eigenvalue weighted by atomic mass is 19.1. The number of likely N-dealkylation sites (N-methyl/N-ethyl adjacent to an activating group) is 1. The van der Waals surface area contributed by atoms with E-state index in [0.717, 1.165) is 36.9 Å². The molecule has 2 saturated heterocycles. The highest BCUT2D eigenvalue weighted by Gasteiger charge is 2.50. The Morgan fingerprint density at radius 2 is 2.03 bits per heavy atom. The maximum absolute atomic E-state index is 15.8. The highest BCUT2D eigenvalue weighted by Crippen LogP contribution is 2.42. The van der Waals surface area contributed by atoms with Crippen LogP contribution in [0.1, 0.15) is 50.3 Å². The van der Waals surface area contributed by atoms with Gasteiger partial charge in [-0.15, -0.1) is 0 Å². The van der Waals surface area contributed by atoms with Crippen LogP contribution in [0.4, 0.5) is 4.39 Å². The Morgan fingerprint density at radius 3 is 2.73 bits per heavy atom. The van der Waals surface area contributed by atoms with E-state index in [1.807, 2.05) is 50.4 Å². The van der Waals surface area contributed by atoms with Gasteiger partial charge in [0.05, 0.1) is 6.61 Å². The Hall–Kier alpha value is -2.40. The predicted molar refractivity (Wildman–Crippen MR) is 117 cm³/mol. The molecule has 1 amide bonds. The van der Waals surface area contributed by atoms with E-state index in [9.17, 15) is 4.79 Å². The lowest BCUT2D eigenvalue weighted by atomic mass is 9.95. The number of rotatable bonds is 5. The summed E-state index contributed by atoms with van der Waals surface area (Å²) < 4.78 is 21.8. The van der Waals surface area contributed by atoms with Gasteiger partial charge in [-0.25, -0.2) is 4.39 Å². The number of halogens is 1. The van der Waals surface area contributed by atoms with E-state index in [1.54, 1.807) is 4.90 Å². The second-order valence-electron chi connectivity index (χ2n) is 9.21. The molecule has 5 heteroatoms. The fourth-order valence-corrected chi connectivity index (χ4v) is 4.66. The summed E-state index contributed by atoms with van der Waals surface area (Å²) in [6.07, 6.45) is 2.29. The number of aryl methyl sites for hydroxylation is 1. The third-order valence-electron chi connectivity index (χ3n) is 6.34. The maximum atomic E-state index is 15.8. The van der Waals surface area contributed by atoms with Crippen LogP contribution >= 0.6 is 0 Å². The first-order chi connectivity index (χ1) is 14.3. The van der Waals surface area contributed by atoms with Gasteiger partial charge in [-0.1, -0.05) is 43.7 Å². The van der Waals surface area contributed by atoms with Crippen molar-refractivity contribution in [3.63, 3.8) is 0 Å². The van der Waals surface area contributed by atoms with Crippen molar-refractivity contribution in [3.05, 3.63) is 53.3 Å². The molecule has 30 heavy (non-hydrogen) atoms. The molecular weight excluding hydrogens is 379 g/mol. The third-order valence-corrected chi connectivity index (χ3v) is 6.34. The third kappa shape index (κ3) is 3.71. The van der Waals surface area contributed by atoms with E-state index < -0.39 is 5.54 Å². The molecular formula is C25H31FN2O2. The van der Waals surface area contributed by atoms with Crippen LogP contribution in [-0.2, 0) is 4.79 Å². The summed E-state index contributed by atoms with van der Waals surface area (Å²) in [6, 6.07) is 11.3. The van der Waals surface area contributed by atoms with Crippen molar-refractivity contribution in [2.45, 2.75) is 51.6 Å². The van der Waals surface area contributed by atoms with Gasteiger partial charge in [-0.3, -0.25) is 10.1 Å². The zero-order chi connectivity index (χ0) is 21.5. The summed E-state index contributed by atoms with van der Waals surface area (Å²) in [5.41, 5.74) is 2.48. The van der Waals surface area contributed by atoms with Crippen LogP contribution in [0.2, 0.25) is 0 Å². The predicted octanol–water partition coefficient (Wildman–Crippen LogP) is 4.86. The van der Waals surface area contributed by atoms with Gasteiger partial charge in [0, 0.05) is 36.3 Å². The van der Waals surface area contributed by atoms with Crippen LogP contribution in [0.3, 0.4) is 0 Å². The largest absolute Gasteiger partial charge is 0.493 e. The quantitative estimate of drug-likeness (QED) is 0.765. The van der Waals surface area contributed by atoms with E-state index in [0.29, 0.717) is 29.4 Å². The van der Waals surface area contributed by atoms with Gasteiger partial charge < -0.3 is 9.64 Å². The van der Waals surface area contributed by atoms with E-state index in [4.69, 9.17) is 4.74 Å². The Bertz CT molecular complexity index is 958. The van der Waals surface area contributed by atoms with Crippen LogP contribution in [0.15, 0.2) is 36.4 Å². The normalized spacial score (nSPS) is 23.7. The maximum Gasteiger partial charge on any atom is 0.242 e. The topological polar surface area (TPSA) is 41.6 Å². The van der Waals surface area contributed by atoms with Crippen molar-refractivity contribution in [1.82, 2.24) is 10.2 Å². The Balaban J connectivity index is 1.67. The molecule has 2 heterocycles. The first-order valence-electron chi connectivity index (χ1n) is 10.9. The number of carbonyl (C=O) groups excluding carboxylic acids is 1. The van der Waals surface area contributed by atoms with Crippen molar-refractivity contribution in [1.29, 1.82) is 0 Å². The molecule has 2 fully saturated rings. The van der Waals surface area contributed by atoms with Gasteiger partial charge in [0.25, 0.3) is 0 Å². The second kappa shape index (κ2) is 8.03. The van der Waals surface area contributed by atoms with E-state index in [1.165, 1.54) is 0 Å². The fraction of sp³-hybridized carbons (Fsp3) is 0.480. The molecule has 2 aliphatic rings. The number of nitrogens with zero attached hydrogens (tertiary/aromatic N) is 1. The molecule has 4 rings (SSSR count). The second-order valence-corrected chi connectivity index (χ2v) is 9.21. The number of ether oxygens (including phenoxy) is 1. The molecule has 2 aliphatic heterocycles. The van der Waals surface area contributed by atoms with Gasteiger partial charge in [-0.05, 0) is 44.2 Å². The Morgan fingerprint density at radius 1 is 1.23 bits per heavy atom. The van der Waals surface area contributed by atoms with Crippen molar-refractivity contribution >= 4 is 5.91 Å². The van der Waals surface area contributed by atoms with Crippen molar-refractivity contribution in [2.75, 3.05) is 20.2 Å². The minimum absolute atomic E-state index is 0.129. The number of hydrogen-bond acceptors (Lipinski definition) is 3. The van der Waals surface area contributed by atoms with E-state index in [2.05, 4.69) is 19.2 Å². The van der Waals surface area contributed by atoms with Crippen molar-refractivity contribution in [3.8, 4) is 16.9 Å². The molecule has 0 aliphatic carbocycles.